The molecule has 8 atom stereocenters. The highest BCUT2D eigenvalue weighted by atomic mass is 16.6. The van der Waals surface area contributed by atoms with Crippen molar-refractivity contribution in [3.05, 3.63) is 66.0 Å². The first-order chi connectivity index (χ1) is 19.4. The van der Waals surface area contributed by atoms with Crippen LogP contribution in [-0.4, -0.2) is 93.2 Å². The van der Waals surface area contributed by atoms with E-state index in [1.807, 2.05) is 56.4 Å². The summed E-state index contributed by atoms with van der Waals surface area (Å²) in [6.07, 6.45) is 9.27. The third-order valence-electron chi connectivity index (χ3n) is 8.66. The lowest BCUT2D eigenvalue weighted by atomic mass is 9.88. The van der Waals surface area contributed by atoms with Gasteiger partial charge in [0, 0.05) is 48.9 Å². The van der Waals surface area contributed by atoms with Crippen LogP contribution in [-0.2, 0) is 14.3 Å². The quantitative estimate of drug-likeness (QED) is 0.312. The van der Waals surface area contributed by atoms with E-state index in [-0.39, 0.29) is 37.1 Å². The minimum absolute atomic E-state index is 0.107. The highest BCUT2D eigenvalue weighted by molar-refractivity contribution is 5.70. The van der Waals surface area contributed by atoms with Crippen molar-refractivity contribution in [3.8, 4) is 0 Å². The molecule has 2 fully saturated rings. The molecule has 0 saturated carbocycles. The number of aromatic nitrogens is 1. The molecule has 1 amide bonds. The van der Waals surface area contributed by atoms with Crippen LogP contribution in [0, 0.1) is 5.92 Å². The molecule has 1 aromatic heterocycles. The van der Waals surface area contributed by atoms with Gasteiger partial charge in [0.2, 0.25) is 0 Å². The maximum Gasteiger partial charge on any atom is 0.410 e. The number of hydrogen-bond acceptors (Lipinski definition) is 8. The molecule has 0 aliphatic carbocycles. The van der Waals surface area contributed by atoms with Crippen molar-refractivity contribution in [3.63, 3.8) is 0 Å². The van der Waals surface area contributed by atoms with Crippen LogP contribution in [0.4, 0.5) is 4.79 Å². The summed E-state index contributed by atoms with van der Waals surface area (Å²) < 4.78 is 11.8. The lowest BCUT2D eigenvalue weighted by Gasteiger charge is -2.36. The molecule has 224 valence electrons. The minimum atomic E-state index is -1.43. The van der Waals surface area contributed by atoms with Gasteiger partial charge >= 0.3 is 12.1 Å². The number of esters is 1. The molecule has 4 heterocycles. The molecule has 2 saturated heterocycles. The zero-order valence-electron chi connectivity index (χ0n) is 24.8. The summed E-state index contributed by atoms with van der Waals surface area (Å²) in [6.45, 7) is 8.90. The number of cyclic esters (lactones) is 1. The number of pyridine rings is 1. The zero-order valence-corrected chi connectivity index (χ0v) is 24.8. The van der Waals surface area contributed by atoms with E-state index in [2.05, 4.69) is 23.9 Å². The number of likely N-dealkylation sites (tertiary alicyclic amines) is 2. The molecule has 9 nitrogen and oxygen atoms in total. The summed E-state index contributed by atoms with van der Waals surface area (Å²) in [5.41, 5.74) is 0.346. The van der Waals surface area contributed by atoms with Gasteiger partial charge in [0.05, 0.1) is 12.5 Å². The minimum Gasteiger partial charge on any atom is -0.457 e. The summed E-state index contributed by atoms with van der Waals surface area (Å²) >= 11 is 0. The summed E-state index contributed by atoms with van der Waals surface area (Å²) in [5, 5.41) is 21.9. The van der Waals surface area contributed by atoms with Crippen molar-refractivity contribution in [2.45, 2.75) is 95.3 Å². The Kier molecular flexibility index (Phi) is 10.0. The summed E-state index contributed by atoms with van der Waals surface area (Å²) in [6, 6.07) is 6.26. The van der Waals surface area contributed by atoms with Gasteiger partial charge in [-0.05, 0) is 63.9 Å². The Labute approximate surface area is 243 Å². The lowest BCUT2D eigenvalue weighted by molar-refractivity contribution is -0.151. The molecule has 41 heavy (non-hydrogen) atoms. The van der Waals surface area contributed by atoms with Crippen LogP contribution >= 0.6 is 0 Å². The first-order valence-electron chi connectivity index (χ1n) is 14.7. The van der Waals surface area contributed by atoms with Crippen molar-refractivity contribution in [2.75, 3.05) is 20.1 Å². The van der Waals surface area contributed by atoms with Crippen molar-refractivity contribution in [1.82, 2.24) is 14.8 Å². The number of nitrogens with zero attached hydrogens (tertiary/aromatic N) is 3. The van der Waals surface area contributed by atoms with E-state index in [0.29, 0.717) is 12.6 Å². The Morgan fingerprint density at radius 1 is 1.27 bits per heavy atom. The van der Waals surface area contributed by atoms with E-state index in [9.17, 15) is 19.8 Å². The summed E-state index contributed by atoms with van der Waals surface area (Å²) in [4.78, 5) is 34.4. The molecule has 2 bridgehead atoms. The van der Waals surface area contributed by atoms with Crippen LogP contribution in [0.25, 0.3) is 0 Å². The SMILES string of the molecule is C/C(=C\C=C\[C@@H](C)c1ccccn1)[C@H]1OC(=O)C[C@H](O)CC[C@@](C)(O)[C@@H](OC(=O)N2C[C@H]3C[C@@H]2CN3C)/C=C/[C@@H]1C. The fourth-order valence-electron chi connectivity index (χ4n) is 5.93. The Hall–Kier alpha value is -3.01. The monoisotopic (exact) mass is 567 g/mol. The van der Waals surface area contributed by atoms with E-state index in [1.54, 1.807) is 24.1 Å². The zero-order chi connectivity index (χ0) is 29.7. The maximum atomic E-state index is 13.2. The molecule has 1 aromatic rings. The van der Waals surface area contributed by atoms with Gasteiger partial charge in [-0.15, -0.1) is 0 Å². The number of likely N-dealkylation sites (N-methyl/N-ethyl adjacent to an activating group) is 1. The first kappa shape index (κ1) is 30.9. The molecular formula is C32H45N3O6. The number of allylic oxidation sites excluding steroid dienone is 3. The van der Waals surface area contributed by atoms with E-state index >= 15 is 0 Å². The fraction of sp³-hybridized carbons (Fsp3) is 0.594. The molecule has 3 aliphatic rings. The lowest BCUT2D eigenvalue weighted by Crippen LogP contribution is -2.50. The normalized spacial score (nSPS) is 35.0. The van der Waals surface area contributed by atoms with E-state index in [4.69, 9.17) is 9.47 Å². The van der Waals surface area contributed by atoms with Gasteiger partial charge in [0.1, 0.15) is 11.7 Å². The Balaban J connectivity index is 1.52. The average molecular weight is 568 g/mol. The molecule has 0 radical (unpaired) electrons. The summed E-state index contributed by atoms with van der Waals surface area (Å²) in [5.74, 6) is -0.684. The largest absolute Gasteiger partial charge is 0.457 e. The number of amides is 1. The number of ether oxygens (including phenoxy) is 2. The topological polar surface area (TPSA) is 112 Å². The van der Waals surface area contributed by atoms with Gasteiger partial charge in [-0.3, -0.25) is 14.7 Å². The number of carbonyl (C=O) groups excluding carboxylic acids is 2. The van der Waals surface area contributed by atoms with Gasteiger partial charge in [0.15, 0.2) is 6.10 Å². The van der Waals surface area contributed by atoms with Crippen molar-refractivity contribution in [1.29, 1.82) is 0 Å². The van der Waals surface area contributed by atoms with E-state index in [0.717, 1.165) is 24.2 Å². The van der Waals surface area contributed by atoms with Crippen molar-refractivity contribution < 1.29 is 29.3 Å². The number of aliphatic hydroxyl groups excluding tert-OH is 1. The van der Waals surface area contributed by atoms with Crippen LogP contribution < -0.4 is 0 Å². The number of hydrogen-bond donors (Lipinski definition) is 2. The number of rotatable bonds is 5. The number of piperazine rings is 1. The van der Waals surface area contributed by atoms with Crippen molar-refractivity contribution in [2.24, 2.45) is 5.92 Å². The highest BCUT2D eigenvalue weighted by Gasteiger charge is 2.45. The maximum absolute atomic E-state index is 13.2. The van der Waals surface area contributed by atoms with Crippen LogP contribution in [0.15, 0.2) is 60.3 Å². The van der Waals surface area contributed by atoms with E-state index < -0.39 is 36.0 Å². The number of carbonyl (C=O) groups is 2. The molecule has 0 unspecified atom stereocenters. The molecule has 0 spiro atoms. The van der Waals surface area contributed by atoms with Crippen LogP contribution in [0.2, 0.25) is 0 Å². The molecule has 0 aromatic carbocycles. The molecule has 2 N–H and O–H groups in total. The average Bonchev–Trinajstić information content (AvgIpc) is 3.52. The number of aliphatic hydroxyl groups is 2. The summed E-state index contributed by atoms with van der Waals surface area (Å²) in [7, 11) is 2.07. The predicted molar refractivity (Wildman–Crippen MR) is 156 cm³/mol. The van der Waals surface area contributed by atoms with Crippen LogP contribution in [0.1, 0.15) is 65.0 Å². The van der Waals surface area contributed by atoms with Crippen LogP contribution in [0.5, 0.6) is 0 Å². The fourth-order valence-corrected chi connectivity index (χ4v) is 5.93. The first-order valence-corrected chi connectivity index (χ1v) is 14.7. The van der Waals surface area contributed by atoms with Crippen LogP contribution in [0.3, 0.4) is 0 Å². The van der Waals surface area contributed by atoms with Gasteiger partial charge in [-0.1, -0.05) is 44.2 Å². The Morgan fingerprint density at radius 3 is 2.71 bits per heavy atom. The van der Waals surface area contributed by atoms with Gasteiger partial charge in [-0.2, -0.15) is 0 Å². The predicted octanol–water partition coefficient (Wildman–Crippen LogP) is 3.98. The highest BCUT2D eigenvalue weighted by Crippen LogP contribution is 2.32. The number of fused-ring (bicyclic) bond motifs is 2. The third kappa shape index (κ3) is 7.84. The van der Waals surface area contributed by atoms with E-state index in [1.165, 1.54) is 0 Å². The molecule has 3 aliphatic heterocycles. The second-order valence-corrected chi connectivity index (χ2v) is 12.2. The second kappa shape index (κ2) is 13.3. The van der Waals surface area contributed by atoms with Crippen molar-refractivity contribution >= 4 is 12.1 Å². The third-order valence-corrected chi connectivity index (χ3v) is 8.66. The molecule has 9 heteroatoms. The van der Waals surface area contributed by atoms with Gasteiger partial charge < -0.3 is 24.6 Å². The van der Waals surface area contributed by atoms with Gasteiger partial charge in [-0.25, -0.2) is 4.79 Å². The Bertz CT molecular complexity index is 1150. The molecular weight excluding hydrogens is 522 g/mol. The standard InChI is InChI=1S/C32H45N3O6/c1-21(27-11-6-7-16-33-27)9-8-10-22(2)30-23(3)12-13-28(32(4,39)15-14-26(36)18-29(37)41-30)40-31(38)35-20-24-17-25(35)19-34(24)5/h6-13,16,21,23-26,28,30,36,39H,14-15,17-20H2,1-5H3/b9-8+,13-12+,22-10+/t21-,23+,24-,25-,26-,28+,30-,32-/m1/s1. The Morgan fingerprint density at radius 2 is 2.05 bits per heavy atom. The molecule has 4 rings (SSSR count). The van der Waals surface area contributed by atoms with Gasteiger partial charge in [0.25, 0.3) is 0 Å². The second-order valence-electron chi connectivity index (χ2n) is 12.2. The smallest absolute Gasteiger partial charge is 0.410 e.